The molecule has 3 heterocycles. The lowest BCUT2D eigenvalue weighted by Crippen LogP contribution is -2.48. The molecule has 0 saturated carbocycles. The van der Waals surface area contributed by atoms with Crippen LogP contribution >= 0.6 is 0 Å². The van der Waals surface area contributed by atoms with Crippen LogP contribution in [0.15, 0.2) is 40.8 Å². The molecule has 11 heteroatoms. The van der Waals surface area contributed by atoms with Gasteiger partial charge in [-0.15, -0.1) is 0 Å². The summed E-state index contributed by atoms with van der Waals surface area (Å²) in [6.07, 6.45) is 0. The van der Waals surface area contributed by atoms with Crippen LogP contribution in [0.2, 0.25) is 0 Å². The van der Waals surface area contributed by atoms with Gasteiger partial charge in [0.1, 0.15) is 12.4 Å². The van der Waals surface area contributed by atoms with Crippen LogP contribution in [0.3, 0.4) is 0 Å². The van der Waals surface area contributed by atoms with Crippen LogP contribution in [0.5, 0.6) is 17.2 Å². The molecular formula is C24H20F4N2O5. The molecule has 0 spiro atoms. The highest BCUT2D eigenvalue weighted by atomic mass is 19.2. The predicted molar refractivity (Wildman–Crippen MR) is 113 cm³/mol. The first kappa shape index (κ1) is 23.0. The summed E-state index contributed by atoms with van der Waals surface area (Å²) in [5, 5.41) is 0. The number of piperazine rings is 1. The molecule has 0 atom stereocenters. The lowest BCUT2D eigenvalue weighted by atomic mass is 10.1. The van der Waals surface area contributed by atoms with Gasteiger partial charge >= 0.3 is 0 Å². The Morgan fingerprint density at radius 1 is 0.886 bits per heavy atom. The van der Waals surface area contributed by atoms with Gasteiger partial charge in [0.15, 0.2) is 34.6 Å². The molecular weight excluding hydrogens is 472 g/mol. The number of fused-ring (bicyclic) bond motifs is 1. The smallest absolute Gasteiger partial charge is 0.289 e. The van der Waals surface area contributed by atoms with E-state index in [9.17, 15) is 22.4 Å². The van der Waals surface area contributed by atoms with E-state index in [1.807, 2.05) is 18.2 Å². The molecule has 0 bridgehead atoms. The summed E-state index contributed by atoms with van der Waals surface area (Å²) in [5.41, 5.74) is 1.08. The third-order valence-electron chi connectivity index (χ3n) is 5.81. The highest BCUT2D eigenvalue weighted by Crippen LogP contribution is 2.33. The molecule has 0 unspecified atom stereocenters. The van der Waals surface area contributed by atoms with Gasteiger partial charge in [-0.2, -0.15) is 8.78 Å². The first-order valence-corrected chi connectivity index (χ1v) is 10.8. The minimum atomic E-state index is -1.65. The predicted octanol–water partition coefficient (Wildman–Crippen LogP) is 4.10. The normalized spacial score (nSPS) is 15.5. The van der Waals surface area contributed by atoms with E-state index in [4.69, 9.17) is 18.6 Å². The molecule has 0 N–H and O–H groups in total. The molecule has 5 rings (SSSR count). The molecule has 1 amide bonds. The van der Waals surface area contributed by atoms with E-state index < -0.39 is 35.6 Å². The molecule has 35 heavy (non-hydrogen) atoms. The highest BCUT2D eigenvalue weighted by molar-refractivity contribution is 5.91. The molecule has 1 fully saturated rings. The maximum absolute atomic E-state index is 13.7. The zero-order valence-corrected chi connectivity index (χ0v) is 18.4. The first-order valence-electron chi connectivity index (χ1n) is 10.8. The fraction of sp³-hybridized carbons (Fsp3) is 0.292. The number of furan rings is 1. The minimum Gasteiger partial charge on any atom is -0.479 e. The summed E-state index contributed by atoms with van der Waals surface area (Å²) in [6.45, 7) is 2.67. The molecule has 0 aliphatic carbocycles. The van der Waals surface area contributed by atoms with Gasteiger partial charge in [-0.05, 0) is 29.8 Å². The SMILES string of the molecule is O=C(c1ccc(COc2c(F)c(F)cc(F)c2F)o1)N1CCN(Cc2ccc3c(c2)OCO3)CC1. The van der Waals surface area contributed by atoms with Gasteiger partial charge in [-0.3, -0.25) is 9.69 Å². The molecule has 0 radical (unpaired) electrons. The van der Waals surface area contributed by atoms with Crippen LogP contribution in [-0.2, 0) is 13.2 Å². The molecule has 184 valence electrons. The molecule has 1 aromatic heterocycles. The van der Waals surface area contributed by atoms with Crippen molar-refractivity contribution in [3.8, 4) is 17.2 Å². The molecule has 2 aliphatic rings. The van der Waals surface area contributed by atoms with Crippen LogP contribution in [0.4, 0.5) is 17.6 Å². The molecule has 2 aromatic carbocycles. The summed E-state index contributed by atoms with van der Waals surface area (Å²) in [6, 6.07) is 8.71. The number of nitrogens with zero attached hydrogens (tertiary/aromatic N) is 2. The van der Waals surface area contributed by atoms with Crippen LogP contribution in [-0.4, -0.2) is 48.7 Å². The molecule has 2 aliphatic heterocycles. The topological polar surface area (TPSA) is 64.4 Å². The number of hydrogen-bond acceptors (Lipinski definition) is 6. The monoisotopic (exact) mass is 492 g/mol. The van der Waals surface area contributed by atoms with E-state index in [0.717, 1.165) is 17.1 Å². The van der Waals surface area contributed by atoms with Crippen molar-refractivity contribution in [3.63, 3.8) is 0 Å². The van der Waals surface area contributed by atoms with Crippen LogP contribution in [0.25, 0.3) is 0 Å². The van der Waals surface area contributed by atoms with Crippen molar-refractivity contribution in [2.24, 2.45) is 0 Å². The van der Waals surface area contributed by atoms with E-state index in [2.05, 4.69) is 4.90 Å². The van der Waals surface area contributed by atoms with Gasteiger partial charge < -0.3 is 23.5 Å². The van der Waals surface area contributed by atoms with Crippen LogP contribution in [0, 0.1) is 23.3 Å². The second-order valence-corrected chi connectivity index (χ2v) is 8.11. The van der Waals surface area contributed by atoms with Crippen molar-refractivity contribution >= 4 is 5.91 Å². The van der Waals surface area contributed by atoms with E-state index >= 15 is 0 Å². The van der Waals surface area contributed by atoms with Crippen molar-refractivity contribution < 1.29 is 41.0 Å². The van der Waals surface area contributed by atoms with E-state index in [1.54, 1.807) is 4.90 Å². The van der Waals surface area contributed by atoms with Gasteiger partial charge in [0, 0.05) is 38.8 Å². The van der Waals surface area contributed by atoms with Gasteiger partial charge in [0.05, 0.1) is 0 Å². The fourth-order valence-electron chi connectivity index (χ4n) is 3.95. The molecule has 3 aromatic rings. The maximum Gasteiger partial charge on any atom is 0.289 e. The van der Waals surface area contributed by atoms with Crippen molar-refractivity contribution in [1.29, 1.82) is 0 Å². The van der Waals surface area contributed by atoms with Crippen LogP contribution in [0.1, 0.15) is 21.9 Å². The Hall–Kier alpha value is -3.73. The number of carbonyl (C=O) groups is 1. The van der Waals surface area contributed by atoms with E-state index in [0.29, 0.717) is 32.7 Å². The number of ether oxygens (including phenoxy) is 3. The maximum atomic E-state index is 13.7. The van der Waals surface area contributed by atoms with Gasteiger partial charge in [0.25, 0.3) is 5.91 Å². The third kappa shape index (κ3) is 4.76. The quantitative estimate of drug-likeness (QED) is 0.382. The average Bonchev–Trinajstić information content (AvgIpc) is 3.52. The standard InChI is InChI=1S/C24H20F4N2O5/c25-16-10-17(26)22(28)23(21(16)27)32-12-15-2-4-19(35-15)24(31)30-7-5-29(6-8-30)11-14-1-3-18-20(9-14)34-13-33-18/h1-4,9-10H,5-8,11-13H2. The fourth-order valence-corrected chi connectivity index (χ4v) is 3.95. The van der Waals surface area contributed by atoms with Gasteiger partial charge in [-0.1, -0.05) is 6.07 Å². The largest absolute Gasteiger partial charge is 0.479 e. The summed E-state index contributed by atoms with van der Waals surface area (Å²) < 4.78 is 75.2. The van der Waals surface area contributed by atoms with Crippen molar-refractivity contribution in [2.45, 2.75) is 13.2 Å². The average molecular weight is 492 g/mol. The summed E-state index contributed by atoms with van der Waals surface area (Å²) in [4.78, 5) is 16.7. The molecule has 1 saturated heterocycles. The Morgan fingerprint density at radius 3 is 2.34 bits per heavy atom. The zero-order chi connectivity index (χ0) is 24.5. The Kier molecular flexibility index (Phi) is 6.25. The highest BCUT2D eigenvalue weighted by Gasteiger charge is 2.26. The van der Waals surface area contributed by atoms with Gasteiger partial charge in [-0.25, -0.2) is 8.78 Å². The lowest BCUT2D eigenvalue weighted by molar-refractivity contribution is 0.0594. The summed E-state index contributed by atoms with van der Waals surface area (Å²) in [7, 11) is 0. The minimum absolute atomic E-state index is 0.0270. The summed E-state index contributed by atoms with van der Waals surface area (Å²) >= 11 is 0. The Balaban J connectivity index is 1.15. The van der Waals surface area contributed by atoms with Crippen LogP contribution < -0.4 is 14.2 Å². The number of rotatable bonds is 6. The Morgan fingerprint density at radius 2 is 1.60 bits per heavy atom. The van der Waals surface area contributed by atoms with Crippen molar-refractivity contribution in [3.05, 3.63) is 76.8 Å². The van der Waals surface area contributed by atoms with E-state index in [1.165, 1.54) is 12.1 Å². The van der Waals surface area contributed by atoms with Crippen molar-refractivity contribution in [1.82, 2.24) is 9.80 Å². The summed E-state index contributed by atoms with van der Waals surface area (Å²) in [5.74, 6) is -6.43. The van der Waals surface area contributed by atoms with Gasteiger partial charge in [0.2, 0.25) is 18.4 Å². The number of amides is 1. The lowest BCUT2D eigenvalue weighted by Gasteiger charge is -2.34. The number of halogens is 4. The van der Waals surface area contributed by atoms with Crippen molar-refractivity contribution in [2.75, 3.05) is 33.0 Å². The Bertz CT molecular complexity index is 1230. The first-order chi connectivity index (χ1) is 16.9. The number of benzene rings is 2. The Labute approximate surface area is 197 Å². The number of carbonyl (C=O) groups excluding carboxylic acids is 1. The zero-order valence-electron chi connectivity index (χ0n) is 18.4. The van der Waals surface area contributed by atoms with E-state index in [-0.39, 0.29) is 30.3 Å². The second-order valence-electron chi connectivity index (χ2n) is 8.11. The number of hydrogen-bond donors (Lipinski definition) is 0. The third-order valence-corrected chi connectivity index (χ3v) is 5.81. The molecule has 7 nitrogen and oxygen atoms in total. The second kappa shape index (κ2) is 9.49.